The molecule has 0 N–H and O–H groups in total. The van der Waals surface area contributed by atoms with Crippen LogP contribution in [0.1, 0.15) is 0 Å². The van der Waals surface area contributed by atoms with Gasteiger partial charge in [-0.3, -0.25) is 4.90 Å². The summed E-state index contributed by atoms with van der Waals surface area (Å²) in [5.41, 5.74) is 2.27. The van der Waals surface area contributed by atoms with Gasteiger partial charge in [-0.05, 0) is 36.4 Å². The maximum Gasteiger partial charge on any atom is 0.233 e. The number of aromatic nitrogens is 3. The van der Waals surface area contributed by atoms with Crippen LogP contribution in [0.25, 0.3) is 22.2 Å². The van der Waals surface area contributed by atoms with Crippen LogP contribution in [0.2, 0.25) is 0 Å². The summed E-state index contributed by atoms with van der Waals surface area (Å²) in [5, 5.41) is 4.98. The molecule has 0 fully saturated rings. The zero-order valence-corrected chi connectivity index (χ0v) is 12.8. The van der Waals surface area contributed by atoms with Gasteiger partial charge < -0.3 is 4.52 Å². The highest BCUT2D eigenvalue weighted by Gasteiger charge is 2.15. The molecule has 2 aromatic carbocycles. The van der Waals surface area contributed by atoms with Crippen LogP contribution in [-0.4, -0.2) is 22.2 Å². The number of benzene rings is 2. The molecule has 0 aliphatic rings. The van der Waals surface area contributed by atoms with Crippen molar-refractivity contribution >= 4 is 22.6 Å². The van der Waals surface area contributed by atoms with Gasteiger partial charge in [0.25, 0.3) is 0 Å². The highest BCUT2D eigenvalue weighted by molar-refractivity contribution is 5.90. The maximum absolute atomic E-state index is 13.0. The highest BCUT2D eigenvalue weighted by atomic mass is 19.1. The summed E-state index contributed by atoms with van der Waals surface area (Å²) in [6, 6.07) is 15.7. The Hall–Kier alpha value is -3.28. The molecule has 0 atom stereocenters. The molecule has 4 rings (SSSR count). The van der Waals surface area contributed by atoms with Gasteiger partial charge in [-0.25, -0.2) is 14.4 Å². The molecule has 118 valence electrons. The molecule has 6 heteroatoms. The Labute approximate surface area is 137 Å². The van der Waals surface area contributed by atoms with Crippen molar-refractivity contribution in [2.45, 2.75) is 0 Å². The lowest BCUT2D eigenvalue weighted by Crippen LogP contribution is -2.11. The van der Waals surface area contributed by atoms with Gasteiger partial charge in [-0.2, -0.15) is 0 Å². The topological polar surface area (TPSA) is 55.1 Å². The van der Waals surface area contributed by atoms with E-state index in [1.165, 1.54) is 18.5 Å². The Morgan fingerprint density at radius 1 is 1.00 bits per heavy atom. The molecule has 0 bridgehead atoms. The second kappa shape index (κ2) is 5.73. The Bertz CT molecular complexity index is 992. The number of rotatable bonds is 3. The summed E-state index contributed by atoms with van der Waals surface area (Å²) in [4.78, 5) is 10.4. The van der Waals surface area contributed by atoms with E-state index in [-0.39, 0.29) is 5.82 Å². The van der Waals surface area contributed by atoms with Crippen LogP contribution in [0.4, 0.5) is 16.1 Å². The Morgan fingerprint density at radius 2 is 1.79 bits per heavy atom. The summed E-state index contributed by atoms with van der Waals surface area (Å²) >= 11 is 0. The zero-order valence-electron chi connectivity index (χ0n) is 12.8. The van der Waals surface area contributed by atoms with E-state index in [1.807, 2.05) is 36.2 Å². The second-order valence-corrected chi connectivity index (χ2v) is 5.33. The number of nitrogens with zero attached hydrogens (tertiary/aromatic N) is 4. The molecule has 0 spiro atoms. The molecule has 0 aliphatic carbocycles. The minimum absolute atomic E-state index is 0.285. The summed E-state index contributed by atoms with van der Waals surface area (Å²) < 4.78 is 18.5. The van der Waals surface area contributed by atoms with E-state index in [1.54, 1.807) is 18.2 Å². The van der Waals surface area contributed by atoms with E-state index in [0.717, 1.165) is 22.3 Å². The quantitative estimate of drug-likeness (QED) is 0.566. The second-order valence-electron chi connectivity index (χ2n) is 5.33. The van der Waals surface area contributed by atoms with Crippen molar-refractivity contribution in [3.05, 3.63) is 66.7 Å². The van der Waals surface area contributed by atoms with E-state index in [9.17, 15) is 4.39 Å². The fourth-order valence-corrected chi connectivity index (χ4v) is 2.54. The molecule has 2 heterocycles. The first kappa shape index (κ1) is 14.3. The fraction of sp³-hybridized carbons (Fsp3) is 0.0556. The van der Waals surface area contributed by atoms with E-state index < -0.39 is 0 Å². The molecule has 0 radical (unpaired) electrons. The van der Waals surface area contributed by atoms with E-state index in [2.05, 4.69) is 15.1 Å². The van der Waals surface area contributed by atoms with E-state index >= 15 is 0 Å². The van der Waals surface area contributed by atoms with Crippen molar-refractivity contribution in [1.82, 2.24) is 15.1 Å². The lowest BCUT2D eigenvalue weighted by Gasteiger charge is -2.15. The first-order valence-electron chi connectivity index (χ1n) is 7.38. The van der Waals surface area contributed by atoms with Crippen LogP contribution in [0.5, 0.6) is 0 Å². The van der Waals surface area contributed by atoms with E-state index in [0.29, 0.717) is 11.6 Å². The Morgan fingerprint density at radius 3 is 2.62 bits per heavy atom. The SMILES string of the molecule is CN(c1cc(-c2ccc(F)cc2)no1)c1ncnc2ccccc12. The smallest absolute Gasteiger partial charge is 0.233 e. The molecule has 2 aromatic heterocycles. The normalized spacial score (nSPS) is 10.9. The first-order chi connectivity index (χ1) is 11.7. The molecule has 0 unspecified atom stereocenters. The van der Waals surface area contributed by atoms with Gasteiger partial charge in [0.2, 0.25) is 5.88 Å². The van der Waals surface area contributed by atoms with Gasteiger partial charge in [0, 0.05) is 24.1 Å². The van der Waals surface area contributed by atoms with Crippen molar-refractivity contribution in [3.8, 4) is 11.3 Å². The molecule has 0 saturated carbocycles. The molecule has 0 amide bonds. The zero-order chi connectivity index (χ0) is 16.5. The fourth-order valence-electron chi connectivity index (χ4n) is 2.54. The third-order valence-corrected chi connectivity index (χ3v) is 3.81. The average molecular weight is 320 g/mol. The van der Waals surface area contributed by atoms with Gasteiger partial charge in [-0.15, -0.1) is 0 Å². The predicted octanol–water partition coefficient (Wildman–Crippen LogP) is 4.19. The Balaban J connectivity index is 1.72. The lowest BCUT2D eigenvalue weighted by atomic mass is 10.1. The van der Waals surface area contributed by atoms with Gasteiger partial charge in [0.05, 0.1) is 5.52 Å². The summed E-state index contributed by atoms with van der Waals surface area (Å²) in [6.45, 7) is 0. The van der Waals surface area contributed by atoms with Crippen LogP contribution in [-0.2, 0) is 0 Å². The number of hydrogen-bond donors (Lipinski definition) is 0. The van der Waals surface area contributed by atoms with Gasteiger partial charge in [-0.1, -0.05) is 17.3 Å². The molecular weight excluding hydrogens is 307 g/mol. The van der Waals surface area contributed by atoms with Gasteiger partial charge in [0.15, 0.2) is 0 Å². The lowest BCUT2D eigenvalue weighted by molar-refractivity contribution is 0.428. The van der Waals surface area contributed by atoms with Crippen LogP contribution in [0, 0.1) is 5.82 Å². The van der Waals surface area contributed by atoms with Crippen LogP contribution < -0.4 is 4.90 Å². The highest BCUT2D eigenvalue weighted by Crippen LogP contribution is 2.30. The van der Waals surface area contributed by atoms with Crippen LogP contribution in [0.15, 0.2) is 65.4 Å². The molecule has 4 aromatic rings. The molecule has 0 saturated heterocycles. The van der Waals surface area contributed by atoms with Crippen LogP contribution in [0.3, 0.4) is 0 Å². The summed E-state index contributed by atoms with van der Waals surface area (Å²) in [7, 11) is 1.85. The summed E-state index contributed by atoms with van der Waals surface area (Å²) in [5.74, 6) is 0.979. The van der Waals surface area contributed by atoms with Crippen LogP contribution >= 0.6 is 0 Å². The standard InChI is InChI=1S/C18H13FN4O/c1-23(18-14-4-2-3-5-15(14)20-11-21-18)17-10-16(22-24-17)12-6-8-13(19)9-7-12/h2-11H,1H3. The maximum atomic E-state index is 13.0. The minimum atomic E-state index is -0.285. The van der Waals surface area contributed by atoms with Gasteiger partial charge in [0.1, 0.15) is 23.7 Å². The average Bonchev–Trinajstić information content (AvgIpc) is 3.11. The summed E-state index contributed by atoms with van der Waals surface area (Å²) in [6.07, 6.45) is 1.52. The van der Waals surface area contributed by atoms with Crippen molar-refractivity contribution in [3.63, 3.8) is 0 Å². The van der Waals surface area contributed by atoms with E-state index in [4.69, 9.17) is 4.52 Å². The van der Waals surface area contributed by atoms with Crippen molar-refractivity contribution < 1.29 is 8.91 Å². The third kappa shape index (κ3) is 2.48. The monoisotopic (exact) mass is 320 g/mol. The molecule has 0 aliphatic heterocycles. The predicted molar refractivity (Wildman–Crippen MR) is 89.5 cm³/mol. The molecule has 24 heavy (non-hydrogen) atoms. The molecular formula is C18H13FN4O. The minimum Gasteiger partial charge on any atom is -0.338 e. The number of anilines is 2. The number of halogens is 1. The molecule has 5 nitrogen and oxygen atoms in total. The first-order valence-corrected chi connectivity index (χ1v) is 7.38. The largest absolute Gasteiger partial charge is 0.338 e. The number of fused-ring (bicyclic) bond motifs is 1. The van der Waals surface area contributed by atoms with Crippen molar-refractivity contribution in [2.24, 2.45) is 0 Å². The van der Waals surface area contributed by atoms with Crippen molar-refractivity contribution in [1.29, 1.82) is 0 Å². The number of para-hydroxylation sites is 1. The number of hydrogen-bond acceptors (Lipinski definition) is 5. The van der Waals surface area contributed by atoms with Gasteiger partial charge >= 0.3 is 0 Å². The Kier molecular flexibility index (Phi) is 3.42. The van der Waals surface area contributed by atoms with Crippen molar-refractivity contribution in [2.75, 3.05) is 11.9 Å². The third-order valence-electron chi connectivity index (χ3n) is 3.81.